The van der Waals surface area contributed by atoms with Crippen molar-refractivity contribution in [3.63, 3.8) is 0 Å². The fourth-order valence-corrected chi connectivity index (χ4v) is 5.41. The van der Waals surface area contributed by atoms with Crippen LogP contribution in [0.5, 0.6) is 0 Å². The third kappa shape index (κ3) is 4.87. The lowest BCUT2D eigenvalue weighted by atomic mass is 10.0. The van der Waals surface area contributed by atoms with Crippen LogP contribution < -0.4 is 15.1 Å². The van der Waals surface area contributed by atoms with E-state index < -0.39 is 6.17 Å². The fraction of sp³-hybridized carbons (Fsp3) is 0.360. The number of carbonyl (C=O) groups excluding carboxylic acids is 1. The molecule has 0 spiro atoms. The quantitative estimate of drug-likeness (QED) is 0.278. The number of para-hydroxylation sites is 1. The van der Waals surface area contributed by atoms with Crippen molar-refractivity contribution in [2.45, 2.75) is 55.7 Å². The molecule has 0 bridgehead atoms. The molecule has 0 saturated heterocycles. The van der Waals surface area contributed by atoms with Gasteiger partial charge in [-0.1, -0.05) is 50.1 Å². The van der Waals surface area contributed by atoms with Gasteiger partial charge in [-0.3, -0.25) is 14.6 Å². The van der Waals surface area contributed by atoms with Crippen LogP contribution in [0.1, 0.15) is 51.3 Å². The van der Waals surface area contributed by atoms with Crippen molar-refractivity contribution >= 4 is 35.1 Å². The lowest BCUT2D eigenvalue weighted by Gasteiger charge is -2.31. The van der Waals surface area contributed by atoms with E-state index in [9.17, 15) is 9.59 Å². The van der Waals surface area contributed by atoms with Crippen LogP contribution in [-0.2, 0) is 4.79 Å². The molecule has 6 nitrogen and oxygen atoms in total. The highest BCUT2D eigenvalue weighted by Gasteiger charge is 2.44. The van der Waals surface area contributed by atoms with Crippen molar-refractivity contribution in [1.82, 2.24) is 10.1 Å². The van der Waals surface area contributed by atoms with Crippen molar-refractivity contribution in [1.29, 1.82) is 0 Å². The first-order valence-electron chi connectivity index (χ1n) is 11.3. The molecule has 0 radical (unpaired) electrons. The Balaban J connectivity index is 1.83. The summed E-state index contributed by atoms with van der Waals surface area (Å²) >= 11 is 3.22. The summed E-state index contributed by atoms with van der Waals surface area (Å²) in [5.41, 5.74) is 2.61. The maximum Gasteiger partial charge on any atom is 0.325 e. The number of thioether (sulfide) groups is 2. The number of nitrogens with one attached hydrogen (secondary N) is 1. The number of aromatic amines is 1. The Morgan fingerprint density at radius 1 is 1.12 bits per heavy atom. The Kier molecular flexibility index (Phi) is 7.55. The molecule has 2 heterocycles. The number of benzene rings is 2. The summed E-state index contributed by atoms with van der Waals surface area (Å²) in [6.45, 7) is 3.75. The van der Waals surface area contributed by atoms with Gasteiger partial charge in [0.2, 0.25) is 11.1 Å². The molecule has 172 valence electrons. The summed E-state index contributed by atoms with van der Waals surface area (Å²) in [7, 11) is 0. The molecule has 33 heavy (non-hydrogen) atoms. The average molecular weight is 482 g/mol. The Bertz CT molecular complexity index is 1190. The molecule has 1 N–H and O–H groups in total. The van der Waals surface area contributed by atoms with Crippen LogP contribution >= 0.6 is 23.5 Å². The van der Waals surface area contributed by atoms with Crippen LogP contribution in [0.25, 0.3) is 11.3 Å². The lowest BCUT2D eigenvalue weighted by molar-refractivity contribution is -0.763. The number of carbonyl (C=O) groups is 1. The Hall–Kier alpha value is -2.58. The molecule has 2 aromatic carbocycles. The number of fused-ring (bicyclic) bond motifs is 3. The van der Waals surface area contributed by atoms with Gasteiger partial charge in [-0.25, -0.2) is 4.90 Å². The van der Waals surface area contributed by atoms with Gasteiger partial charge >= 0.3 is 11.3 Å². The zero-order valence-corrected chi connectivity index (χ0v) is 20.8. The zero-order chi connectivity index (χ0) is 23.4. The van der Waals surface area contributed by atoms with Crippen LogP contribution in [0.3, 0.4) is 0 Å². The first kappa shape index (κ1) is 23.6. The smallest absolute Gasteiger partial charge is 0.291 e. The number of H-pyrrole nitrogens is 1. The summed E-state index contributed by atoms with van der Waals surface area (Å²) in [6, 6.07) is 15.6. The lowest BCUT2D eigenvalue weighted by Crippen LogP contribution is -2.60. The van der Waals surface area contributed by atoms with Crippen LogP contribution in [0.15, 0.2) is 63.4 Å². The number of hydrogen-bond donors (Lipinski definition) is 1. The Labute approximate surface area is 202 Å². The first-order valence-corrected chi connectivity index (χ1v) is 13.5. The third-order valence-corrected chi connectivity index (χ3v) is 7.44. The number of hydrogen-bond acceptors (Lipinski definition) is 5. The van der Waals surface area contributed by atoms with Crippen molar-refractivity contribution in [3.8, 4) is 11.3 Å². The van der Waals surface area contributed by atoms with E-state index in [1.165, 1.54) is 19.3 Å². The molecular weight excluding hydrogens is 452 g/mol. The number of nitrogens with zero attached hydrogens (tertiary/aromatic N) is 3. The SMILES string of the molecule is CCCCCCSc1n[n+]2c(c(=O)[nH]1)-c1ccccc1N(C(C)=O)C2c1ccc(SC)cc1. The highest BCUT2D eigenvalue weighted by atomic mass is 32.2. The number of amides is 1. The summed E-state index contributed by atoms with van der Waals surface area (Å²) in [5.74, 6) is 0.790. The molecule has 0 fully saturated rings. The van der Waals surface area contributed by atoms with Crippen LogP contribution in [0, 0.1) is 0 Å². The second kappa shape index (κ2) is 10.6. The summed E-state index contributed by atoms with van der Waals surface area (Å²) in [4.78, 5) is 32.1. The van der Waals surface area contributed by atoms with Crippen molar-refractivity contribution in [3.05, 3.63) is 64.4 Å². The first-order chi connectivity index (χ1) is 16.0. The second-order valence-corrected chi connectivity index (χ2v) is 9.98. The summed E-state index contributed by atoms with van der Waals surface area (Å²) in [6.07, 6.45) is 6.13. The Morgan fingerprint density at radius 2 is 1.88 bits per heavy atom. The molecule has 1 aliphatic heterocycles. The molecule has 1 unspecified atom stereocenters. The number of rotatable bonds is 8. The normalized spacial score (nSPS) is 14.6. The molecular formula is C25H29N4O2S2+. The van der Waals surface area contributed by atoms with E-state index in [0.29, 0.717) is 16.4 Å². The van der Waals surface area contributed by atoms with Gasteiger partial charge in [-0.15, -0.1) is 11.8 Å². The monoisotopic (exact) mass is 481 g/mol. The average Bonchev–Trinajstić information content (AvgIpc) is 2.82. The number of aromatic nitrogens is 3. The third-order valence-electron chi connectivity index (χ3n) is 5.75. The topological polar surface area (TPSA) is 69.9 Å². The minimum absolute atomic E-state index is 0.101. The largest absolute Gasteiger partial charge is 0.325 e. The fourth-order valence-electron chi connectivity index (χ4n) is 4.15. The molecule has 1 aromatic heterocycles. The molecule has 1 atom stereocenters. The van der Waals surface area contributed by atoms with Gasteiger partial charge in [0.15, 0.2) is 0 Å². The van der Waals surface area contributed by atoms with Crippen molar-refractivity contribution in [2.24, 2.45) is 0 Å². The Morgan fingerprint density at radius 3 is 2.58 bits per heavy atom. The molecule has 1 amide bonds. The van der Waals surface area contributed by atoms with Crippen molar-refractivity contribution in [2.75, 3.05) is 16.9 Å². The van der Waals surface area contributed by atoms with E-state index in [1.54, 1.807) is 40.0 Å². The standard InChI is InChI=1S/C25H28N4O2S2/c1-4-5-6-9-16-33-25-26-23(31)22-20-10-7-8-11-21(20)28(17(2)30)24(29(22)27-25)18-12-14-19(32-3)15-13-18/h7-8,10-15,24H,4-6,9,16H2,1-3H3/p+1. The molecule has 0 aliphatic carbocycles. The molecule has 3 aromatic rings. The minimum Gasteiger partial charge on any atom is -0.291 e. The van der Waals surface area contributed by atoms with Crippen LogP contribution in [0.2, 0.25) is 0 Å². The molecule has 0 saturated carbocycles. The zero-order valence-electron chi connectivity index (χ0n) is 19.2. The van der Waals surface area contributed by atoms with Gasteiger partial charge in [0.25, 0.3) is 6.17 Å². The highest BCUT2D eigenvalue weighted by Crippen LogP contribution is 2.37. The van der Waals surface area contributed by atoms with Gasteiger partial charge in [0, 0.05) is 28.2 Å². The number of unbranched alkanes of at least 4 members (excludes halogenated alkanes) is 3. The van der Waals surface area contributed by atoms with Gasteiger partial charge in [-0.05, 0) is 53.8 Å². The van der Waals surface area contributed by atoms with Gasteiger partial charge in [-0.2, -0.15) is 0 Å². The maximum atomic E-state index is 13.3. The summed E-state index contributed by atoms with van der Waals surface area (Å²) in [5, 5.41) is 5.43. The number of anilines is 1. The van der Waals surface area contributed by atoms with E-state index in [0.717, 1.165) is 28.3 Å². The molecule has 8 heteroatoms. The van der Waals surface area contributed by atoms with Gasteiger partial charge in [0.05, 0.1) is 11.3 Å². The maximum absolute atomic E-state index is 13.3. The van der Waals surface area contributed by atoms with Crippen LogP contribution in [-0.4, -0.2) is 28.0 Å². The minimum atomic E-state index is -0.537. The molecule has 1 aliphatic rings. The van der Waals surface area contributed by atoms with E-state index >= 15 is 0 Å². The predicted molar refractivity (Wildman–Crippen MR) is 135 cm³/mol. The highest BCUT2D eigenvalue weighted by molar-refractivity contribution is 7.99. The van der Waals surface area contributed by atoms with E-state index in [2.05, 4.69) is 11.9 Å². The van der Waals surface area contributed by atoms with E-state index in [-0.39, 0.29) is 11.5 Å². The van der Waals surface area contributed by atoms with Crippen LogP contribution in [0.4, 0.5) is 5.69 Å². The summed E-state index contributed by atoms with van der Waals surface area (Å²) < 4.78 is 1.73. The second-order valence-electron chi connectivity index (χ2n) is 8.01. The van der Waals surface area contributed by atoms with E-state index in [1.807, 2.05) is 54.8 Å². The molecule has 4 rings (SSSR count). The van der Waals surface area contributed by atoms with Crippen molar-refractivity contribution < 1.29 is 9.48 Å². The predicted octanol–water partition coefficient (Wildman–Crippen LogP) is 5.03. The van der Waals surface area contributed by atoms with Gasteiger partial charge in [0.1, 0.15) is 0 Å². The van der Waals surface area contributed by atoms with E-state index in [4.69, 9.17) is 5.10 Å². The van der Waals surface area contributed by atoms with Gasteiger partial charge < -0.3 is 0 Å².